The maximum absolute atomic E-state index is 13.2. The standard InChI is InChI=1S/C17H18F4N6O/c1-4-26-9(3)10(7-22-26)8(2)23-17(28)12-6-14-24-11(15(18)19)5-13(16(20)21)27(14)25-12/h5-8,15-16H,4H2,1-3H3,(H,23,28). The fourth-order valence-electron chi connectivity index (χ4n) is 2.95. The molecule has 0 saturated carbocycles. The van der Waals surface area contributed by atoms with Crippen LogP contribution in [0.5, 0.6) is 0 Å². The molecule has 0 spiro atoms. The number of carbonyl (C=O) groups excluding carboxylic acids is 1. The fourth-order valence-corrected chi connectivity index (χ4v) is 2.95. The highest BCUT2D eigenvalue weighted by atomic mass is 19.3. The van der Waals surface area contributed by atoms with Gasteiger partial charge in [0.2, 0.25) is 0 Å². The largest absolute Gasteiger partial charge is 0.344 e. The van der Waals surface area contributed by atoms with E-state index >= 15 is 0 Å². The van der Waals surface area contributed by atoms with Gasteiger partial charge in [0.25, 0.3) is 18.8 Å². The quantitative estimate of drug-likeness (QED) is 0.644. The van der Waals surface area contributed by atoms with Crippen molar-refractivity contribution in [3.63, 3.8) is 0 Å². The number of rotatable bonds is 6. The van der Waals surface area contributed by atoms with Crippen molar-refractivity contribution < 1.29 is 22.4 Å². The summed E-state index contributed by atoms with van der Waals surface area (Å²) in [7, 11) is 0. The van der Waals surface area contributed by atoms with Gasteiger partial charge in [0.15, 0.2) is 11.3 Å². The van der Waals surface area contributed by atoms with Crippen LogP contribution < -0.4 is 5.32 Å². The molecule has 11 heteroatoms. The Balaban J connectivity index is 1.91. The molecule has 1 unspecified atom stereocenters. The van der Waals surface area contributed by atoms with E-state index in [-0.39, 0.29) is 11.3 Å². The molecule has 0 fully saturated rings. The first kappa shape index (κ1) is 19.8. The van der Waals surface area contributed by atoms with Crippen molar-refractivity contribution in [1.29, 1.82) is 0 Å². The van der Waals surface area contributed by atoms with Crippen LogP contribution in [0.15, 0.2) is 18.3 Å². The number of fused-ring (bicyclic) bond motifs is 1. The lowest BCUT2D eigenvalue weighted by Gasteiger charge is -2.13. The van der Waals surface area contributed by atoms with Gasteiger partial charge >= 0.3 is 0 Å². The molecule has 0 aliphatic heterocycles. The van der Waals surface area contributed by atoms with Crippen LogP contribution in [-0.4, -0.2) is 30.3 Å². The zero-order chi connectivity index (χ0) is 20.6. The van der Waals surface area contributed by atoms with Gasteiger partial charge in [-0.2, -0.15) is 10.2 Å². The second-order valence-electron chi connectivity index (χ2n) is 6.20. The molecule has 3 heterocycles. The molecular formula is C17H18F4N6O. The molecule has 3 aromatic rings. The van der Waals surface area contributed by atoms with Gasteiger partial charge < -0.3 is 5.32 Å². The molecule has 0 aliphatic rings. The molecule has 0 aliphatic carbocycles. The summed E-state index contributed by atoms with van der Waals surface area (Å²) in [5.41, 5.74) is -0.328. The summed E-state index contributed by atoms with van der Waals surface area (Å²) in [6.07, 6.45) is -4.44. The highest BCUT2D eigenvalue weighted by molar-refractivity contribution is 5.93. The summed E-state index contributed by atoms with van der Waals surface area (Å²) < 4.78 is 54.7. The first-order valence-electron chi connectivity index (χ1n) is 8.53. The number of alkyl halides is 4. The van der Waals surface area contributed by atoms with Gasteiger partial charge in [-0.05, 0) is 26.8 Å². The Labute approximate surface area is 157 Å². The van der Waals surface area contributed by atoms with E-state index in [0.717, 1.165) is 17.3 Å². The van der Waals surface area contributed by atoms with Crippen molar-refractivity contribution in [2.75, 3.05) is 0 Å². The summed E-state index contributed by atoms with van der Waals surface area (Å²) >= 11 is 0. The van der Waals surface area contributed by atoms with Crippen LogP contribution >= 0.6 is 0 Å². The molecule has 0 aromatic carbocycles. The van der Waals surface area contributed by atoms with E-state index in [9.17, 15) is 22.4 Å². The minimum atomic E-state index is -3.06. The number of nitrogens with zero attached hydrogens (tertiary/aromatic N) is 5. The van der Waals surface area contributed by atoms with E-state index < -0.39 is 36.2 Å². The lowest BCUT2D eigenvalue weighted by molar-refractivity contribution is 0.0933. The van der Waals surface area contributed by atoms with Crippen molar-refractivity contribution in [3.05, 3.63) is 46.7 Å². The smallest absolute Gasteiger partial charge is 0.280 e. The lowest BCUT2D eigenvalue weighted by atomic mass is 10.1. The summed E-state index contributed by atoms with van der Waals surface area (Å²) in [5, 5.41) is 10.7. The third kappa shape index (κ3) is 3.56. The van der Waals surface area contributed by atoms with Crippen molar-refractivity contribution in [1.82, 2.24) is 29.7 Å². The summed E-state index contributed by atoms with van der Waals surface area (Å²) in [6.45, 7) is 6.22. The molecule has 150 valence electrons. The van der Waals surface area contributed by atoms with Crippen LogP contribution in [0.2, 0.25) is 0 Å². The van der Waals surface area contributed by atoms with Crippen LogP contribution in [0, 0.1) is 6.92 Å². The fraction of sp³-hybridized carbons (Fsp3) is 0.412. The summed E-state index contributed by atoms with van der Waals surface area (Å²) in [4.78, 5) is 16.1. The minimum absolute atomic E-state index is 0.201. The van der Waals surface area contributed by atoms with Crippen LogP contribution in [0.4, 0.5) is 17.6 Å². The molecule has 7 nitrogen and oxygen atoms in total. The van der Waals surface area contributed by atoms with Crippen LogP contribution in [0.1, 0.15) is 65.9 Å². The molecule has 3 aromatic heterocycles. The zero-order valence-electron chi connectivity index (χ0n) is 15.3. The summed E-state index contributed by atoms with van der Waals surface area (Å²) in [5.74, 6) is -0.638. The Morgan fingerprint density at radius 2 is 1.93 bits per heavy atom. The Hall–Kier alpha value is -2.98. The topological polar surface area (TPSA) is 77.1 Å². The first-order chi connectivity index (χ1) is 13.2. The Kier molecular flexibility index (Phi) is 5.34. The van der Waals surface area contributed by atoms with E-state index in [1.165, 1.54) is 0 Å². The lowest BCUT2D eigenvalue weighted by Crippen LogP contribution is -2.27. The highest BCUT2D eigenvalue weighted by Crippen LogP contribution is 2.25. The van der Waals surface area contributed by atoms with E-state index in [2.05, 4.69) is 20.5 Å². The second-order valence-corrected chi connectivity index (χ2v) is 6.20. The van der Waals surface area contributed by atoms with Crippen molar-refractivity contribution in [3.8, 4) is 0 Å². The van der Waals surface area contributed by atoms with Crippen molar-refractivity contribution in [2.24, 2.45) is 0 Å². The van der Waals surface area contributed by atoms with Gasteiger partial charge in [0.05, 0.1) is 12.2 Å². The van der Waals surface area contributed by atoms with Gasteiger partial charge in [-0.25, -0.2) is 27.1 Å². The van der Waals surface area contributed by atoms with E-state index in [1.807, 2.05) is 13.8 Å². The number of halogens is 4. The third-order valence-electron chi connectivity index (χ3n) is 4.41. The van der Waals surface area contributed by atoms with E-state index in [4.69, 9.17) is 0 Å². The number of aryl methyl sites for hydroxylation is 1. The summed E-state index contributed by atoms with van der Waals surface area (Å²) in [6, 6.07) is 1.27. The monoisotopic (exact) mass is 398 g/mol. The maximum Gasteiger partial charge on any atom is 0.280 e. The number of hydrogen-bond donors (Lipinski definition) is 1. The average molecular weight is 398 g/mol. The minimum Gasteiger partial charge on any atom is -0.344 e. The molecular weight excluding hydrogens is 380 g/mol. The van der Waals surface area contributed by atoms with E-state index in [0.29, 0.717) is 17.1 Å². The SMILES string of the molecule is CCn1ncc(C(C)NC(=O)c2cc3nc(C(F)F)cc(C(F)F)n3n2)c1C. The Morgan fingerprint density at radius 3 is 2.50 bits per heavy atom. The molecule has 1 amide bonds. The number of amides is 1. The van der Waals surface area contributed by atoms with Gasteiger partial charge in [-0.1, -0.05) is 0 Å². The number of aromatic nitrogens is 5. The Morgan fingerprint density at radius 1 is 1.21 bits per heavy atom. The van der Waals surface area contributed by atoms with E-state index in [1.54, 1.807) is 17.8 Å². The number of hydrogen-bond acceptors (Lipinski definition) is 4. The number of carbonyl (C=O) groups is 1. The molecule has 3 rings (SSSR count). The molecule has 1 atom stereocenters. The molecule has 0 saturated heterocycles. The predicted molar refractivity (Wildman–Crippen MR) is 91.4 cm³/mol. The van der Waals surface area contributed by atoms with Crippen molar-refractivity contribution in [2.45, 2.75) is 46.2 Å². The average Bonchev–Trinajstić information content (AvgIpc) is 3.23. The molecule has 1 N–H and O–H groups in total. The van der Waals surface area contributed by atoms with Crippen LogP contribution in [-0.2, 0) is 6.54 Å². The first-order valence-corrected chi connectivity index (χ1v) is 8.53. The van der Waals surface area contributed by atoms with Gasteiger partial charge in [0, 0.05) is 23.9 Å². The van der Waals surface area contributed by atoms with Gasteiger partial charge in [-0.15, -0.1) is 0 Å². The number of nitrogens with one attached hydrogen (secondary N) is 1. The van der Waals surface area contributed by atoms with Crippen molar-refractivity contribution >= 4 is 11.6 Å². The molecule has 28 heavy (non-hydrogen) atoms. The predicted octanol–water partition coefficient (Wildman–Crippen LogP) is 3.62. The zero-order valence-corrected chi connectivity index (χ0v) is 15.3. The maximum atomic E-state index is 13.2. The van der Waals surface area contributed by atoms with Gasteiger partial charge in [0.1, 0.15) is 11.4 Å². The van der Waals surface area contributed by atoms with Gasteiger partial charge in [-0.3, -0.25) is 9.48 Å². The molecule has 0 radical (unpaired) electrons. The van der Waals surface area contributed by atoms with Crippen LogP contribution in [0.3, 0.4) is 0 Å². The highest BCUT2D eigenvalue weighted by Gasteiger charge is 2.23. The normalized spacial score (nSPS) is 12.9. The second kappa shape index (κ2) is 7.56. The third-order valence-corrected chi connectivity index (χ3v) is 4.41. The molecule has 0 bridgehead atoms. The van der Waals surface area contributed by atoms with Crippen LogP contribution in [0.25, 0.3) is 5.65 Å². The Bertz CT molecular complexity index is 1010.